The molecule has 7 aliphatic rings. The Bertz CT molecular complexity index is 4410. The number of nitrogens with zero attached hydrogens (tertiary/aromatic N) is 1. The Kier molecular flexibility index (Phi) is 26.0. The minimum Gasteiger partial charge on any atom is -0.481 e. The summed E-state index contributed by atoms with van der Waals surface area (Å²) in [6.07, 6.45) is -14.6. The average molecular weight is 1570 g/mol. The number of fused-ring (bicyclic) bond motifs is 19. The van der Waals surface area contributed by atoms with Gasteiger partial charge in [-0.25, -0.2) is 9.59 Å². The van der Waals surface area contributed by atoms with Crippen molar-refractivity contribution in [2.45, 2.75) is 184 Å². The molecule has 113 heavy (non-hydrogen) atoms. The van der Waals surface area contributed by atoms with E-state index in [1.54, 1.807) is 78.9 Å². The van der Waals surface area contributed by atoms with Crippen LogP contribution in [0.4, 0.5) is 0 Å². The van der Waals surface area contributed by atoms with Crippen molar-refractivity contribution in [3.8, 4) is 0 Å². The minimum atomic E-state index is -2.60. The zero-order valence-corrected chi connectivity index (χ0v) is 62.7. The number of nitrogens with two attached hydrogens (primary N) is 1. The molecule has 0 aromatic heterocycles. The molecule has 0 spiro atoms. The average Bonchev–Trinajstić information content (AvgIpc) is 0.670. The molecule has 11 rings (SSSR count). The molecule has 35 nitrogen and oxygen atoms in total. The van der Waals surface area contributed by atoms with Gasteiger partial charge in [-0.05, 0) is 78.8 Å². The molecular weight excluding hydrogens is 1470 g/mol. The Hall–Kier alpha value is -12.0. The van der Waals surface area contributed by atoms with E-state index in [9.17, 15) is 77.6 Å². The summed E-state index contributed by atoms with van der Waals surface area (Å²) in [5.74, 6) is -16.9. The molecule has 4 heterocycles. The van der Waals surface area contributed by atoms with Crippen molar-refractivity contribution in [1.29, 1.82) is 5.41 Å². The highest BCUT2D eigenvalue weighted by Crippen LogP contribution is 2.64. The third kappa shape index (κ3) is 18.5. The molecule has 15 unspecified atom stereocenters. The molecule has 602 valence electrons. The number of hydrogen-bond acceptors (Lipinski definition) is 24. The summed E-state index contributed by atoms with van der Waals surface area (Å²) in [6, 6.07) is 21.8. The second-order valence-corrected chi connectivity index (χ2v) is 29.4. The third-order valence-corrected chi connectivity index (χ3v) is 21.7. The van der Waals surface area contributed by atoms with Gasteiger partial charge in [0.15, 0.2) is 23.4 Å². The van der Waals surface area contributed by atoms with Crippen LogP contribution in [0.1, 0.15) is 136 Å². The molecule has 4 aromatic carbocycles. The van der Waals surface area contributed by atoms with Crippen LogP contribution >= 0.6 is 0 Å². The third-order valence-electron chi connectivity index (χ3n) is 21.7. The molecule has 35 heteroatoms. The van der Waals surface area contributed by atoms with Crippen molar-refractivity contribution >= 4 is 94.8 Å². The molecule has 14 N–H and O–H groups in total. The number of aliphatic carboxylic acids is 1. The van der Waals surface area contributed by atoms with Crippen LogP contribution in [0.5, 0.6) is 0 Å². The van der Waals surface area contributed by atoms with Crippen molar-refractivity contribution in [2.75, 3.05) is 26.2 Å². The molecule has 15 atom stereocenters. The fourth-order valence-electron chi connectivity index (χ4n) is 15.8. The number of Topliss-reactive ketones (excluding diaryl/α,β-unsaturated/α-hetero) is 1. The summed E-state index contributed by atoms with van der Waals surface area (Å²) < 4.78 is 37.1. The number of esters is 5. The van der Waals surface area contributed by atoms with Gasteiger partial charge < -0.3 is 96.9 Å². The minimum absolute atomic E-state index is 0.0189. The molecule has 3 aliphatic carbocycles. The summed E-state index contributed by atoms with van der Waals surface area (Å²) in [5, 5.41) is 63.7. The number of benzene rings is 4. The summed E-state index contributed by atoms with van der Waals surface area (Å²) in [6.45, 7) is 5.72. The van der Waals surface area contributed by atoms with Crippen LogP contribution < -0.4 is 48.3 Å². The number of carbonyl (C=O) groups is 15. The topological polar surface area (TPSA) is 521 Å². The number of piperazine rings is 1. The predicted octanol–water partition coefficient (Wildman–Crippen LogP) is -0.0775. The van der Waals surface area contributed by atoms with Crippen LogP contribution in [0.2, 0.25) is 0 Å². The van der Waals surface area contributed by atoms with Crippen molar-refractivity contribution in [3.05, 3.63) is 154 Å². The first-order chi connectivity index (χ1) is 53.6. The standard InChI is InChI=1S/C78H91N11O24/c1-40-52(34-78(107)66(112-72(105)47-21-14-9-15-22-47)64-76(6,53(92)33-54-77(64,39-108-54)113-42(3)91)65(99)62(109-41(2)90)60(40)75(78,4)5)110-73(106)63(61(45-17-10-7-11-18-45)88-67(100)46-19-12-8-13-20-46)111-59(98)29-28-55(93)82-35-43-24-26-44(27-25-43)38-89-51-36-83-69(102)49(32-58(96)97)86-57(95)37-84-68(101)48(23-16-30-81-74(79)80)85-56(94)31-50(71(89)104)87-70(51)103/h7-15,17-22,24-27,48-54,61-64,66,92,107H,16,23,28-39H2,1-6H3,(H,82,93)(H,83,102)(H,84,101)(H,85,94)(H,86,95)(H,87,103)(H,88,100)(H,96,97)(H4,79,80,81). The number of rotatable bonds is 24. The molecule has 4 bridgehead atoms. The van der Waals surface area contributed by atoms with E-state index in [-0.39, 0.29) is 72.7 Å². The summed E-state index contributed by atoms with van der Waals surface area (Å²) in [4.78, 5) is 211. The van der Waals surface area contributed by atoms with Crippen LogP contribution in [-0.4, -0.2) is 213 Å². The van der Waals surface area contributed by atoms with Crippen molar-refractivity contribution in [2.24, 2.45) is 22.5 Å². The van der Waals surface area contributed by atoms with Crippen molar-refractivity contribution < 1.29 is 116 Å². The zero-order chi connectivity index (χ0) is 82.0. The number of aliphatic hydroxyl groups is 2. The smallest absolute Gasteiger partial charge is 0.350 e. The number of nitrogens with one attached hydrogen (secondary N) is 9. The number of ketones is 1. The molecule has 4 saturated heterocycles. The second kappa shape index (κ2) is 35.2. The first kappa shape index (κ1) is 83.5. The first-order valence-corrected chi connectivity index (χ1v) is 36.7. The predicted molar refractivity (Wildman–Crippen MR) is 391 cm³/mol. The van der Waals surface area contributed by atoms with Gasteiger partial charge in [-0.1, -0.05) is 105 Å². The monoisotopic (exact) mass is 1570 g/mol. The van der Waals surface area contributed by atoms with E-state index in [1.165, 1.54) is 64.1 Å². The number of hydrogen-bond donors (Lipinski definition) is 13. The number of amides is 8. The second-order valence-electron chi connectivity index (χ2n) is 29.4. The van der Waals surface area contributed by atoms with Gasteiger partial charge in [0.2, 0.25) is 47.5 Å². The maximum absolute atomic E-state index is 16.0. The highest BCUT2D eigenvalue weighted by Gasteiger charge is 2.78. The van der Waals surface area contributed by atoms with Gasteiger partial charge >= 0.3 is 35.8 Å². The van der Waals surface area contributed by atoms with Gasteiger partial charge in [0.25, 0.3) is 5.91 Å². The van der Waals surface area contributed by atoms with Gasteiger partial charge in [-0.2, -0.15) is 0 Å². The van der Waals surface area contributed by atoms with Crippen LogP contribution in [-0.2, 0) is 104 Å². The zero-order valence-electron chi connectivity index (χ0n) is 62.7. The fourth-order valence-corrected chi connectivity index (χ4v) is 15.8. The molecule has 2 saturated carbocycles. The number of carbonyl (C=O) groups excluding carboxylic acids is 14. The van der Waals surface area contributed by atoms with E-state index in [2.05, 4.69) is 42.5 Å². The van der Waals surface area contributed by atoms with Crippen molar-refractivity contribution in [1.82, 2.24) is 47.4 Å². The lowest BCUT2D eigenvalue weighted by molar-refractivity contribution is -0.346. The number of guanidine groups is 1. The SMILES string of the molecule is CC(=O)OC1C(=O)C2(C)C(O)CC3OCC3(OC(C)=O)C2C(OC(=O)c2ccccc2)C2(O)CC(OC(=O)C(OC(=O)CCC(=O)NCc3ccc(CN4C(=O)C5CC(=O)NC(CCCNC(=N)N)C(=O)NCC(=O)NC(CC(=O)O)C(=O)NCC4C(=O)N5)cc3)C(NC(=O)c3ccccc3)c3ccccc3)C(C)=C1C2(C)C. The largest absolute Gasteiger partial charge is 0.481 e. The Morgan fingerprint density at radius 2 is 1.37 bits per heavy atom. The molecular formula is C78H91N11O24. The molecule has 4 aromatic rings. The number of aliphatic hydroxyl groups excluding tert-OH is 1. The Morgan fingerprint density at radius 1 is 0.743 bits per heavy atom. The lowest BCUT2D eigenvalue weighted by Gasteiger charge is -2.67. The van der Waals surface area contributed by atoms with Gasteiger partial charge in [0, 0.05) is 70.3 Å². The lowest BCUT2D eigenvalue weighted by Crippen LogP contribution is -2.82. The quantitative estimate of drug-likeness (QED) is 0.00830. The highest BCUT2D eigenvalue weighted by molar-refractivity contribution is 6.01. The van der Waals surface area contributed by atoms with E-state index < -0.39 is 235 Å². The lowest BCUT2D eigenvalue weighted by atomic mass is 9.44. The van der Waals surface area contributed by atoms with E-state index in [1.807, 2.05) is 0 Å². The van der Waals surface area contributed by atoms with Crippen LogP contribution in [0.15, 0.2) is 126 Å². The van der Waals surface area contributed by atoms with Gasteiger partial charge in [-0.15, -0.1) is 0 Å². The van der Waals surface area contributed by atoms with E-state index in [0.717, 1.165) is 18.7 Å². The van der Waals surface area contributed by atoms with Crippen LogP contribution in [0, 0.1) is 22.2 Å². The number of ether oxygens (including phenoxy) is 6. The number of carboxylic acid groups (broad SMARTS) is 1. The molecule has 6 fully saturated rings. The van der Waals surface area contributed by atoms with Gasteiger partial charge in [0.1, 0.15) is 54.1 Å². The van der Waals surface area contributed by atoms with Gasteiger partial charge in [-0.3, -0.25) is 67.7 Å². The maximum atomic E-state index is 16.0. The maximum Gasteiger partial charge on any atom is 0.350 e. The number of carboxylic acids is 1. The Morgan fingerprint density at radius 3 is 1.99 bits per heavy atom. The summed E-state index contributed by atoms with van der Waals surface area (Å²) in [7, 11) is 0. The molecule has 0 radical (unpaired) electrons. The summed E-state index contributed by atoms with van der Waals surface area (Å²) in [5.41, 5.74) is -2.20. The Balaban J connectivity index is 0.903. The van der Waals surface area contributed by atoms with E-state index in [0.29, 0.717) is 11.1 Å². The highest BCUT2D eigenvalue weighted by atomic mass is 16.6. The van der Waals surface area contributed by atoms with E-state index in [4.69, 9.17) is 39.6 Å². The van der Waals surface area contributed by atoms with E-state index >= 15 is 9.59 Å². The van der Waals surface area contributed by atoms with Crippen molar-refractivity contribution in [3.63, 3.8) is 0 Å². The summed E-state index contributed by atoms with van der Waals surface area (Å²) >= 11 is 0. The van der Waals surface area contributed by atoms with Crippen LogP contribution in [0.3, 0.4) is 0 Å². The van der Waals surface area contributed by atoms with Gasteiger partial charge in [0.05, 0.1) is 55.4 Å². The first-order valence-electron chi connectivity index (χ1n) is 36.7. The normalized spacial score (nSPS) is 27.4. The van der Waals surface area contributed by atoms with Crippen LogP contribution in [0.25, 0.3) is 0 Å². The molecule has 8 amide bonds. The Labute approximate surface area is 647 Å². The fraction of sp³-hybridized carbons (Fsp3) is 0.462. The molecule has 4 aliphatic heterocycles.